The quantitative estimate of drug-likeness (QED) is 0.828. The van der Waals surface area contributed by atoms with Gasteiger partial charge in [0.05, 0.1) is 16.4 Å². The van der Waals surface area contributed by atoms with Gasteiger partial charge in [0.15, 0.2) is 5.78 Å². The molecular formula is C17H19ClN2O. The Morgan fingerprint density at radius 1 is 1.24 bits per heavy atom. The first-order valence-corrected chi connectivity index (χ1v) is 7.89. The summed E-state index contributed by atoms with van der Waals surface area (Å²) >= 11 is 6.35. The lowest BCUT2D eigenvalue weighted by atomic mass is 9.83. The van der Waals surface area contributed by atoms with E-state index in [1.54, 1.807) is 0 Å². The molecule has 0 atom stereocenters. The summed E-state index contributed by atoms with van der Waals surface area (Å²) in [5, 5.41) is 7.62. The molecule has 1 aromatic heterocycles. The van der Waals surface area contributed by atoms with Crippen molar-refractivity contribution >= 4 is 17.4 Å². The van der Waals surface area contributed by atoms with E-state index in [0.717, 1.165) is 42.6 Å². The number of carbonyl (C=O) groups excluding carboxylic acids is 1. The highest BCUT2D eigenvalue weighted by molar-refractivity contribution is 6.34. The van der Waals surface area contributed by atoms with E-state index in [9.17, 15) is 4.79 Å². The molecule has 0 bridgehead atoms. The van der Waals surface area contributed by atoms with E-state index in [-0.39, 0.29) is 11.7 Å². The summed E-state index contributed by atoms with van der Waals surface area (Å²) in [6.07, 6.45) is 5.54. The molecule has 4 heteroatoms. The van der Waals surface area contributed by atoms with Crippen molar-refractivity contribution in [1.29, 1.82) is 0 Å². The number of aromatic nitrogens is 2. The van der Waals surface area contributed by atoms with Crippen LogP contribution in [0.3, 0.4) is 0 Å². The molecule has 3 nitrogen and oxygen atoms in total. The molecule has 110 valence electrons. The third kappa shape index (κ3) is 3.03. The number of aromatic amines is 1. The highest BCUT2D eigenvalue weighted by atomic mass is 35.5. The van der Waals surface area contributed by atoms with Crippen molar-refractivity contribution in [2.75, 3.05) is 0 Å². The summed E-state index contributed by atoms with van der Waals surface area (Å²) in [5.41, 5.74) is 3.47. The monoisotopic (exact) mass is 302 g/mol. The molecule has 1 aliphatic carbocycles. The van der Waals surface area contributed by atoms with Gasteiger partial charge in [0.25, 0.3) is 0 Å². The van der Waals surface area contributed by atoms with Crippen LogP contribution in [0, 0.1) is 12.8 Å². The summed E-state index contributed by atoms with van der Waals surface area (Å²) in [4.78, 5) is 12.6. The Balaban J connectivity index is 1.85. The van der Waals surface area contributed by atoms with Crippen LogP contribution < -0.4 is 0 Å². The molecule has 0 radical (unpaired) electrons. The fraction of sp³-hybridized carbons (Fsp3) is 0.412. The average molecular weight is 303 g/mol. The largest absolute Gasteiger partial charge is 0.294 e. The van der Waals surface area contributed by atoms with Gasteiger partial charge in [0.1, 0.15) is 0 Å². The number of hydrogen-bond acceptors (Lipinski definition) is 2. The van der Waals surface area contributed by atoms with Gasteiger partial charge in [0, 0.05) is 17.0 Å². The Bertz CT molecular complexity index is 657. The van der Waals surface area contributed by atoms with Gasteiger partial charge in [-0.3, -0.25) is 9.89 Å². The van der Waals surface area contributed by atoms with E-state index in [2.05, 4.69) is 10.2 Å². The number of H-pyrrole nitrogens is 1. The third-order valence-corrected chi connectivity index (χ3v) is 4.54. The fourth-order valence-corrected chi connectivity index (χ4v) is 3.31. The summed E-state index contributed by atoms with van der Waals surface area (Å²) in [6.45, 7) is 1.93. The lowest BCUT2D eigenvalue weighted by molar-refractivity contribution is 0.0890. The van der Waals surface area contributed by atoms with Gasteiger partial charge >= 0.3 is 0 Å². The summed E-state index contributed by atoms with van der Waals surface area (Å²) in [7, 11) is 0. The second-order valence-electron chi connectivity index (χ2n) is 5.82. The zero-order valence-corrected chi connectivity index (χ0v) is 12.9. The number of aryl methyl sites for hydroxylation is 1. The SMILES string of the molecule is Cc1cc(-c2ccc(C(=O)C3CCCCC3)c(Cl)c2)[nH]n1. The van der Waals surface area contributed by atoms with E-state index in [4.69, 9.17) is 11.6 Å². The van der Waals surface area contributed by atoms with Crippen molar-refractivity contribution < 1.29 is 4.79 Å². The maximum atomic E-state index is 12.6. The van der Waals surface area contributed by atoms with Gasteiger partial charge < -0.3 is 0 Å². The van der Waals surface area contributed by atoms with Crippen LogP contribution in [0.1, 0.15) is 48.2 Å². The molecule has 0 unspecified atom stereocenters. The van der Waals surface area contributed by atoms with Crippen molar-refractivity contribution in [2.45, 2.75) is 39.0 Å². The fourth-order valence-electron chi connectivity index (χ4n) is 3.04. The maximum absolute atomic E-state index is 12.6. The van der Waals surface area contributed by atoms with E-state index < -0.39 is 0 Å². The van der Waals surface area contributed by atoms with Crippen molar-refractivity contribution in [1.82, 2.24) is 10.2 Å². The molecule has 0 saturated heterocycles. The first-order valence-electron chi connectivity index (χ1n) is 7.51. The van der Waals surface area contributed by atoms with E-state index >= 15 is 0 Å². The predicted molar refractivity (Wildman–Crippen MR) is 84.7 cm³/mol. The zero-order valence-electron chi connectivity index (χ0n) is 12.2. The van der Waals surface area contributed by atoms with E-state index in [1.807, 2.05) is 31.2 Å². The topological polar surface area (TPSA) is 45.8 Å². The predicted octanol–water partition coefficient (Wildman–Crippen LogP) is 4.80. The number of benzene rings is 1. The molecule has 0 amide bonds. The highest BCUT2D eigenvalue weighted by Crippen LogP contribution is 2.31. The second kappa shape index (κ2) is 6.02. The van der Waals surface area contributed by atoms with Gasteiger partial charge in [-0.05, 0) is 38.0 Å². The highest BCUT2D eigenvalue weighted by Gasteiger charge is 2.24. The van der Waals surface area contributed by atoms with Crippen LogP contribution >= 0.6 is 11.6 Å². The molecule has 21 heavy (non-hydrogen) atoms. The molecule has 1 aromatic carbocycles. The molecule has 1 saturated carbocycles. The Morgan fingerprint density at radius 2 is 2.00 bits per heavy atom. The Kier molecular flexibility index (Phi) is 4.11. The molecular weight excluding hydrogens is 284 g/mol. The Hall–Kier alpha value is -1.61. The van der Waals surface area contributed by atoms with Crippen molar-refractivity contribution in [3.63, 3.8) is 0 Å². The van der Waals surface area contributed by atoms with Crippen molar-refractivity contribution in [3.8, 4) is 11.3 Å². The number of hydrogen-bond donors (Lipinski definition) is 1. The van der Waals surface area contributed by atoms with Crippen LogP contribution in [0.2, 0.25) is 5.02 Å². The number of rotatable bonds is 3. The molecule has 3 rings (SSSR count). The second-order valence-corrected chi connectivity index (χ2v) is 6.22. The lowest BCUT2D eigenvalue weighted by Gasteiger charge is -2.20. The Labute approximate surface area is 129 Å². The Morgan fingerprint density at radius 3 is 2.62 bits per heavy atom. The average Bonchev–Trinajstić information content (AvgIpc) is 2.94. The number of nitrogens with one attached hydrogen (secondary N) is 1. The van der Waals surface area contributed by atoms with Crippen LogP contribution in [-0.2, 0) is 0 Å². The molecule has 1 aliphatic rings. The van der Waals surface area contributed by atoms with Gasteiger partial charge in [-0.1, -0.05) is 36.9 Å². The summed E-state index contributed by atoms with van der Waals surface area (Å²) < 4.78 is 0. The molecule has 0 aliphatic heterocycles. The lowest BCUT2D eigenvalue weighted by Crippen LogP contribution is -2.18. The van der Waals surface area contributed by atoms with Gasteiger partial charge in [-0.2, -0.15) is 5.10 Å². The zero-order chi connectivity index (χ0) is 14.8. The minimum Gasteiger partial charge on any atom is -0.294 e. The van der Waals surface area contributed by atoms with Crippen LogP contribution in [-0.4, -0.2) is 16.0 Å². The first kappa shape index (κ1) is 14.3. The molecule has 1 heterocycles. The standard InChI is InChI=1S/C17H19ClN2O/c1-11-9-16(20-19-11)13-7-8-14(15(18)10-13)17(21)12-5-3-2-4-6-12/h7-10,12H,2-6H2,1H3,(H,19,20). The first-order chi connectivity index (χ1) is 10.1. The number of carbonyl (C=O) groups is 1. The van der Waals surface area contributed by atoms with E-state index in [1.165, 1.54) is 6.42 Å². The van der Waals surface area contributed by atoms with Crippen LogP contribution in [0.5, 0.6) is 0 Å². The third-order valence-electron chi connectivity index (χ3n) is 4.23. The number of halogens is 1. The van der Waals surface area contributed by atoms with Crippen LogP contribution in [0.15, 0.2) is 24.3 Å². The van der Waals surface area contributed by atoms with Gasteiger partial charge in [0.2, 0.25) is 0 Å². The number of nitrogens with zero attached hydrogens (tertiary/aromatic N) is 1. The maximum Gasteiger partial charge on any atom is 0.167 e. The summed E-state index contributed by atoms with van der Waals surface area (Å²) in [6, 6.07) is 7.61. The smallest absolute Gasteiger partial charge is 0.167 e. The van der Waals surface area contributed by atoms with Gasteiger partial charge in [-0.15, -0.1) is 0 Å². The number of Topliss-reactive ketones (excluding diaryl/α,β-unsaturated/α-hetero) is 1. The van der Waals surface area contributed by atoms with Crippen LogP contribution in [0.4, 0.5) is 0 Å². The minimum absolute atomic E-state index is 0.150. The molecule has 0 spiro atoms. The van der Waals surface area contributed by atoms with E-state index in [0.29, 0.717) is 10.6 Å². The van der Waals surface area contributed by atoms with Crippen molar-refractivity contribution in [2.24, 2.45) is 5.92 Å². The normalized spacial score (nSPS) is 16.1. The van der Waals surface area contributed by atoms with Gasteiger partial charge in [-0.25, -0.2) is 0 Å². The van der Waals surface area contributed by atoms with Crippen molar-refractivity contribution in [3.05, 3.63) is 40.5 Å². The molecule has 2 aromatic rings. The minimum atomic E-state index is 0.150. The molecule has 1 fully saturated rings. The number of ketones is 1. The summed E-state index contributed by atoms with van der Waals surface area (Å²) in [5.74, 6) is 0.351. The van der Waals surface area contributed by atoms with Crippen LogP contribution in [0.25, 0.3) is 11.3 Å². The molecule has 1 N–H and O–H groups in total.